The Labute approximate surface area is 165 Å². The maximum absolute atomic E-state index is 12.3. The third-order valence-electron chi connectivity index (χ3n) is 4.33. The van der Waals surface area contributed by atoms with E-state index in [1.807, 2.05) is 31.2 Å². The summed E-state index contributed by atoms with van der Waals surface area (Å²) < 4.78 is 1.44. The van der Waals surface area contributed by atoms with Gasteiger partial charge in [0.15, 0.2) is 0 Å². The fourth-order valence-corrected chi connectivity index (χ4v) is 3.27. The average Bonchev–Trinajstić information content (AvgIpc) is 2.67. The van der Waals surface area contributed by atoms with Crippen molar-refractivity contribution in [3.8, 4) is 11.3 Å². The molecule has 3 rings (SSSR count). The number of carbonyl (C=O) groups is 1. The van der Waals surface area contributed by atoms with Gasteiger partial charge in [0.05, 0.1) is 11.3 Å². The largest absolute Gasteiger partial charge is 0.478 e. The van der Waals surface area contributed by atoms with Crippen LogP contribution in [0.3, 0.4) is 0 Å². The van der Waals surface area contributed by atoms with Gasteiger partial charge in [-0.15, -0.1) is 0 Å². The highest BCUT2D eigenvalue weighted by atomic mass is 79.9. The maximum Gasteiger partial charge on any atom is 0.335 e. The minimum atomic E-state index is -0.962. The van der Waals surface area contributed by atoms with Crippen molar-refractivity contribution in [2.75, 3.05) is 0 Å². The first-order valence-corrected chi connectivity index (χ1v) is 9.66. The maximum atomic E-state index is 12.3. The number of carboxylic acids is 1. The van der Waals surface area contributed by atoms with Crippen LogP contribution >= 0.6 is 15.9 Å². The fourth-order valence-electron chi connectivity index (χ4n) is 2.92. The van der Waals surface area contributed by atoms with Gasteiger partial charge in [0, 0.05) is 23.5 Å². The summed E-state index contributed by atoms with van der Waals surface area (Å²) in [4.78, 5) is 23.4. The average molecular weight is 427 g/mol. The number of benzene rings is 2. The summed E-state index contributed by atoms with van der Waals surface area (Å²) >= 11 is 3.46. The SMILES string of the molecule is Cc1cc(=O)n(CCc2cccc(C(=O)O)c2)nc1-c1cccc(CBr)c1. The summed E-state index contributed by atoms with van der Waals surface area (Å²) in [6.45, 7) is 2.26. The number of aromatic carboxylic acids is 1. The van der Waals surface area contributed by atoms with Crippen molar-refractivity contribution in [2.45, 2.75) is 25.2 Å². The van der Waals surface area contributed by atoms with Crippen molar-refractivity contribution >= 4 is 21.9 Å². The number of alkyl halides is 1. The van der Waals surface area contributed by atoms with Gasteiger partial charge < -0.3 is 5.11 Å². The smallest absolute Gasteiger partial charge is 0.335 e. The number of aryl methyl sites for hydroxylation is 3. The van der Waals surface area contributed by atoms with Crippen LogP contribution in [0.4, 0.5) is 0 Å². The molecule has 5 nitrogen and oxygen atoms in total. The first-order valence-electron chi connectivity index (χ1n) is 8.54. The van der Waals surface area contributed by atoms with Gasteiger partial charge in [0.1, 0.15) is 0 Å². The van der Waals surface area contributed by atoms with Crippen molar-refractivity contribution in [3.63, 3.8) is 0 Å². The van der Waals surface area contributed by atoms with Gasteiger partial charge in [-0.2, -0.15) is 5.10 Å². The molecule has 0 spiro atoms. The molecule has 3 aromatic rings. The van der Waals surface area contributed by atoms with E-state index in [1.54, 1.807) is 24.3 Å². The number of carboxylic acid groups (broad SMARTS) is 1. The normalized spacial score (nSPS) is 10.7. The molecule has 0 aliphatic carbocycles. The molecule has 6 heteroatoms. The van der Waals surface area contributed by atoms with E-state index in [1.165, 1.54) is 4.68 Å². The van der Waals surface area contributed by atoms with Crippen LogP contribution in [0.25, 0.3) is 11.3 Å². The van der Waals surface area contributed by atoms with Crippen molar-refractivity contribution in [1.29, 1.82) is 0 Å². The van der Waals surface area contributed by atoms with Gasteiger partial charge in [-0.05, 0) is 48.2 Å². The van der Waals surface area contributed by atoms with E-state index in [0.29, 0.717) is 13.0 Å². The minimum absolute atomic E-state index is 0.165. The zero-order chi connectivity index (χ0) is 19.4. The van der Waals surface area contributed by atoms with Crippen molar-refractivity contribution < 1.29 is 9.90 Å². The van der Waals surface area contributed by atoms with Crippen LogP contribution in [-0.4, -0.2) is 20.9 Å². The molecular weight excluding hydrogens is 408 g/mol. The van der Waals surface area contributed by atoms with Gasteiger partial charge in [-0.3, -0.25) is 4.79 Å². The Kier molecular flexibility index (Phi) is 5.86. The number of nitrogens with zero attached hydrogens (tertiary/aromatic N) is 2. The summed E-state index contributed by atoms with van der Waals surface area (Å²) in [6.07, 6.45) is 0.526. The highest BCUT2D eigenvalue weighted by molar-refractivity contribution is 9.08. The summed E-state index contributed by atoms with van der Waals surface area (Å²) in [6, 6.07) is 16.4. The Morgan fingerprint density at radius 1 is 1.11 bits per heavy atom. The number of halogens is 1. The second-order valence-electron chi connectivity index (χ2n) is 6.33. The lowest BCUT2D eigenvalue weighted by Crippen LogP contribution is -2.24. The zero-order valence-corrected chi connectivity index (χ0v) is 16.4. The summed E-state index contributed by atoms with van der Waals surface area (Å²) in [7, 11) is 0. The Balaban J connectivity index is 1.89. The fraction of sp³-hybridized carbons (Fsp3) is 0.190. The lowest BCUT2D eigenvalue weighted by atomic mass is 10.1. The van der Waals surface area contributed by atoms with E-state index in [0.717, 1.165) is 33.3 Å². The minimum Gasteiger partial charge on any atom is -0.478 e. The van der Waals surface area contributed by atoms with Crippen molar-refractivity contribution in [3.05, 3.63) is 87.2 Å². The predicted octanol–water partition coefficient (Wildman–Crippen LogP) is 4.05. The first-order chi connectivity index (χ1) is 13.0. The molecule has 0 bridgehead atoms. The number of aromatic nitrogens is 2. The van der Waals surface area contributed by atoms with Crippen LogP contribution in [0.1, 0.15) is 27.0 Å². The second-order valence-corrected chi connectivity index (χ2v) is 6.89. The van der Waals surface area contributed by atoms with E-state index >= 15 is 0 Å². The molecule has 27 heavy (non-hydrogen) atoms. The lowest BCUT2D eigenvalue weighted by Gasteiger charge is -2.11. The van der Waals surface area contributed by atoms with Crippen LogP contribution < -0.4 is 5.56 Å². The third kappa shape index (κ3) is 4.52. The number of rotatable bonds is 6. The van der Waals surface area contributed by atoms with Crippen LogP contribution in [0, 0.1) is 6.92 Å². The van der Waals surface area contributed by atoms with Crippen LogP contribution in [0.15, 0.2) is 59.4 Å². The molecule has 0 amide bonds. The molecule has 1 aromatic heterocycles. The van der Waals surface area contributed by atoms with Crippen LogP contribution in [0.2, 0.25) is 0 Å². The number of hydrogen-bond acceptors (Lipinski definition) is 3. The standard InChI is InChI=1S/C21H19BrN2O3/c1-14-10-19(25)24(9-8-15-4-2-7-18(11-15)21(26)27)23-20(14)17-6-3-5-16(12-17)13-22/h2-7,10-12H,8-9,13H2,1H3,(H,26,27). The topological polar surface area (TPSA) is 72.2 Å². The van der Waals surface area contributed by atoms with Crippen molar-refractivity contribution in [1.82, 2.24) is 9.78 Å². The summed E-state index contributed by atoms with van der Waals surface area (Å²) in [5, 5.41) is 14.4. The molecule has 0 aliphatic heterocycles. The Morgan fingerprint density at radius 2 is 1.85 bits per heavy atom. The number of hydrogen-bond donors (Lipinski definition) is 1. The molecule has 0 unspecified atom stereocenters. The lowest BCUT2D eigenvalue weighted by molar-refractivity contribution is 0.0696. The molecular formula is C21H19BrN2O3. The van der Waals surface area contributed by atoms with Gasteiger partial charge >= 0.3 is 5.97 Å². The summed E-state index contributed by atoms with van der Waals surface area (Å²) in [5.41, 5.74) is 4.63. The zero-order valence-electron chi connectivity index (χ0n) is 14.9. The van der Waals surface area contributed by atoms with Gasteiger partial charge in [0.2, 0.25) is 0 Å². The Morgan fingerprint density at radius 3 is 2.59 bits per heavy atom. The molecule has 0 aliphatic rings. The molecule has 0 fully saturated rings. The van der Waals surface area contributed by atoms with E-state index in [2.05, 4.69) is 27.1 Å². The van der Waals surface area contributed by atoms with E-state index in [4.69, 9.17) is 5.11 Å². The van der Waals surface area contributed by atoms with Crippen LogP contribution in [-0.2, 0) is 18.3 Å². The molecule has 2 aromatic carbocycles. The van der Waals surface area contributed by atoms with Crippen molar-refractivity contribution in [2.24, 2.45) is 0 Å². The first kappa shape index (κ1) is 19.0. The van der Waals surface area contributed by atoms with Gasteiger partial charge in [0.25, 0.3) is 5.56 Å². The predicted molar refractivity (Wildman–Crippen MR) is 108 cm³/mol. The molecule has 0 atom stereocenters. The third-order valence-corrected chi connectivity index (χ3v) is 4.98. The quantitative estimate of drug-likeness (QED) is 0.603. The van der Waals surface area contributed by atoms with Crippen LogP contribution in [0.5, 0.6) is 0 Å². The highest BCUT2D eigenvalue weighted by Crippen LogP contribution is 2.21. The monoisotopic (exact) mass is 426 g/mol. The van der Waals surface area contributed by atoms with Gasteiger partial charge in [-0.1, -0.05) is 46.3 Å². The summed E-state index contributed by atoms with van der Waals surface area (Å²) in [5.74, 6) is -0.962. The van der Waals surface area contributed by atoms with E-state index in [-0.39, 0.29) is 11.1 Å². The molecule has 0 saturated carbocycles. The Bertz CT molecular complexity index is 1040. The second kappa shape index (κ2) is 8.31. The highest BCUT2D eigenvalue weighted by Gasteiger charge is 2.10. The molecule has 1 heterocycles. The van der Waals surface area contributed by atoms with E-state index < -0.39 is 5.97 Å². The Hall–Kier alpha value is -2.73. The van der Waals surface area contributed by atoms with Gasteiger partial charge in [-0.25, -0.2) is 9.48 Å². The molecule has 138 valence electrons. The molecule has 1 N–H and O–H groups in total. The molecule has 0 saturated heterocycles. The molecule has 0 radical (unpaired) electrons. The van der Waals surface area contributed by atoms with E-state index in [9.17, 15) is 9.59 Å².